The van der Waals surface area contributed by atoms with Gasteiger partial charge in [-0.25, -0.2) is 9.59 Å². The van der Waals surface area contributed by atoms with Gasteiger partial charge in [0.1, 0.15) is 11.5 Å². The van der Waals surface area contributed by atoms with Crippen LogP contribution >= 0.6 is 11.3 Å². The van der Waals surface area contributed by atoms with Crippen molar-refractivity contribution in [2.45, 2.75) is 6.54 Å². The van der Waals surface area contributed by atoms with Crippen molar-refractivity contribution >= 4 is 17.3 Å². The molecule has 0 saturated carbocycles. The number of thiophene rings is 1. The Morgan fingerprint density at radius 2 is 2.16 bits per heavy atom. The van der Waals surface area contributed by atoms with Gasteiger partial charge in [-0.2, -0.15) is 14.6 Å². The van der Waals surface area contributed by atoms with Crippen LogP contribution in [0.15, 0.2) is 40.5 Å². The van der Waals surface area contributed by atoms with E-state index in [9.17, 15) is 9.59 Å². The van der Waals surface area contributed by atoms with Crippen LogP contribution in [0.2, 0.25) is 0 Å². The van der Waals surface area contributed by atoms with E-state index in [0.29, 0.717) is 10.6 Å². The fourth-order valence-electron chi connectivity index (χ4n) is 2.00. The minimum absolute atomic E-state index is 0.144. The van der Waals surface area contributed by atoms with E-state index >= 15 is 0 Å². The molecule has 0 amide bonds. The average molecular weight is 357 g/mol. The van der Waals surface area contributed by atoms with Crippen molar-refractivity contribution in [2.75, 3.05) is 7.11 Å². The van der Waals surface area contributed by atoms with E-state index in [1.165, 1.54) is 36.6 Å². The molecule has 0 fully saturated rings. The van der Waals surface area contributed by atoms with Crippen molar-refractivity contribution in [1.82, 2.24) is 19.8 Å². The molecular formula is C15H11N5O4S. The summed E-state index contributed by atoms with van der Waals surface area (Å²) in [6.45, 7) is -0.409. The minimum atomic E-state index is -0.719. The van der Waals surface area contributed by atoms with Gasteiger partial charge in [0, 0.05) is 6.07 Å². The Morgan fingerprint density at radius 1 is 1.32 bits per heavy atom. The normalized spacial score (nSPS) is 10.2. The minimum Gasteiger partial charge on any atom is -0.493 e. The van der Waals surface area contributed by atoms with E-state index in [2.05, 4.69) is 10.4 Å². The van der Waals surface area contributed by atoms with Crippen molar-refractivity contribution in [3.63, 3.8) is 0 Å². The predicted molar refractivity (Wildman–Crippen MR) is 86.8 cm³/mol. The van der Waals surface area contributed by atoms with Gasteiger partial charge in [0.05, 0.1) is 18.7 Å². The lowest BCUT2D eigenvalue weighted by atomic mass is 10.2. The Labute approximate surface area is 145 Å². The molecule has 1 aromatic carbocycles. The van der Waals surface area contributed by atoms with E-state index < -0.39 is 18.2 Å². The lowest BCUT2D eigenvalue weighted by molar-refractivity contribution is -0.135. The number of carbonyl (C=O) groups excluding carboxylic acids is 1. The Balaban J connectivity index is 1.76. The van der Waals surface area contributed by atoms with Gasteiger partial charge in [-0.05, 0) is 40.1 Å². The molecule has 2 heterocycles. The van der Waals surface area contributed by atoms with Gasteiger partial charge in [0.25, 0.3) is 0 Å². The van der Waals surface area contributed by atoms with Crippen molar-refractivity contribution in [2.24, 2.45) is 0 Å². The fourth-order valence-corrected chi connectivity index (χ4v) is 2.67. The SMILES string of the molecule is COc1cc(C#N)ccc1OC(=O)Cn1nnn(-c2cccs2)c1=O. The summed E-state index contributed by atoms with van der Waals surface area (Å²) in [5.41, 5.74) is -0.182. The Morgan fingerprint density at radius 3 is 2.84 bits per heavy atom. The zero-order valence-corrected chi connectivity index (χ0v) is 13.8. The summed E-state index contributed by atoms with van der Waals surface area (Å²) in [5.74, 6) is -0.337. The van der Waals surface area contributed by atoms with Crippen LogP contribution in [0, 0.1) is 11.3 Å². The highest BCUT2D eigenvalue weighted by Crippen LogP contribution is 2.27. The second kappa shape index (κ2) is 6.98. The van der Waals surface area contributed by atoms with Crippen molar-refractivity contribution in [1.29, 1.82) is 5.26 Å². The number of esters is 1. The molecule has 0 unspecified atom stereocenters. The molecule has 0 saturated heterocycles. The molecule has 0 atom stereocenters. The summed E-state index contributed by atoms with van der Waals surface area (Å²) in [6.07, 6.45) is 0. The Kier molecular flexibility index (Phi) is 4.58. The van der Waals surface area contributed by atoms with E-state index in [0.717, 1.165) is 9.36 Å². The molecule has 0 N–H and O–H groups in total. The smallest absolute Gasteiger partial charge is 0.369 e. The zero-order valence-electron chi connectivity index (χ0n) is 12.9. The monoisotopic (exact) mass is 357 g/mol. The molecule has 3 rings (SSSR count). The first kappa shape index (κ1) is 16.4. The van der Waals surface area contributed by atoms with E-state index in [-0.39, 0.29) is 11.5 Å². The number of tetrazole rings is 1. The molecule has 0 aliphatic heterocycles. The number of methoxy groups -OCH3 is 1. The van der Waals surface area contributed by atoms with Gasteiger partial charge in [-0.1, -0.05) is 0 Å². The third-order valence-electron chi connectivity index (χ3n) is 3.15. The maximum atomic E-state index is 12.2. The molecule has 25 heavy (non-hydrogen) atoms. The molecule has 0 aliphatic carbocycles. The van der Waals surface area contributed by atoms with Crippen LogP contribution in [0.3, 0.4) is 0 Å². The van der Waals surface area contributed by atoms with Gasteiger partial charge in [0.2, 0.25) is 0 Å². The number of benzene rings is 1. The highest BCUT2D eigenvalue weighted by molar-refractivity contribution is 7.12. The quantitative estimate of drug-likeness (QED) is 0.494. The summed E-state index contributed by atoms with van der Waals surface area (Å²) in [4.78, 5) is 24.3. The lowest BCUT2D eigenvalue weighted by Gasteiger charge is -2.08. The topological polar surface area (TPSA) is 112 Å². The maximum absolute atomic E-state index is 12.2. The Bertz CT molecular complexity index is 1000. The number of rotatable bonds is 5. The third kappa shape index (κ3) is 3.41. The van der Waals surface area contributed by atoms with E-state index in [4.69, 9.17) is 14.7 Å². The molecule has 0 spiro atoms. The second-order valence-corrected chi connectivity index (χ2v) is 5.66. The third-order valence-corrected chi connectivity index (χ3v) is 3.99. The first-order valence-electron chi connectivity index (χ1n) is 6.98. The van der Waals surface area contributed by atoms with Gasteiger partial charge < -0.3 is 9.47 Å². The van der Waals surface area contributed by atoms with Crippen molar-refractivity contribution in [3.05, 3.63) is 51.8 Å². The van der Waals surface area contributed by atoms with Crippen LogP contribution in [0.1, 0.15) is 5.56 Å². The average Bonchev–Trinajstić information content (AvgIpc) is 3.26. The summed E-state index contributed by atoms with van der Waals surface area (Å²) < 4.78 is 12.3. The van der Waals surface area contributed by atoms with Crippen molar-refractivity contribution < 1.29 is 14.3 Å². The number of aromatic nitrogens is 4. The van der Waals surface area contributed by atoms with E-state index in [1.807, 2.05) is 6.07 Å². The first-order chi connectivity index (χ1) is 12.1. The number of hydrogen-bond donors (Lipinski definition) is 0. The summed E-state index contributed by atoms with van der Waals surface area (Å²) in [7, 11) is 1.39. The molecular weight excluding hydrogens is 346 g/mol. The first-order valence-corrected chi connectivity index (χ1v) is 7.86. The van der Waals surface area contributed by atoms with Crippen LogP contribution in [0.5, 0.6) is 11.5 Å². The van der Waals surface area contributed by atoms with Crippen LogP contribution in [-0.2, 0) is 11.3 Å². The van der Waals surface area contributed by atoms with Crippen molar-refractivity contribution in [3.8, 4) is 22.6 Å². The van der Waals surface area contributed by atoms with E-state index in [1.54, 1.807) is 17.5 Å². The molecule has 3 aromatic rings. The zero-order chi connectivity index (χ0) is 17.8. The van der Waals surface area contributed by atoms with Crippen LogP contribution in [0.4, 0.5) is 0 Å². The molecule has 9 nitrogen and oxygen atoms in total. The van der Waals surface area contributed by atoms with Gasteiger partial charge in [-0.15, -0.1) is 11.3 Å². The van der Waals surface area contributed by atoms with Gasteiger partial charge >= 0.3 is 11.7 Å². The Hall–Kier alpha value is -3.45. The summed E-state index contributed by atoms with van der Waals surface area (Å²) >= 11 is 1.32. The standard InChI is InChI=1S/C15H11N5O4S/c1-23-12-7-10(8-16)4-5-11(12)24-14(21)9-19-15(22)20(18-17-19)13-3-2-6-25-13/h2-7H,9H2,1H3. The number of hydrogen-bond acceptors (Lipinski definition) is 8. The highest BCUT2D eigenvalue weighted by Gasteiger charge is 2.16. The predicted octanol–water partition coefficient (Wildman–Crippen LogP) is 0.976. The molecule has 10 heteroatoms. The van der Waals surface area contributed by atoms with Gasteiger partial charge in [-0.3, -0.25) is 0 Å². The maximum Gasteiger partial charge on any atom is 0.369 e. The van der Waals surface area contributed by atoms with Crippen LogP contribution in [-0.4, -0.2) is 32.9 Å². The number of nitriles is 1. The summed E-state index contributed by atoms with van der Waals surface area (Å²) in [6, 6.07) is 9.83. The molecule has 126 valence electrons. The molecule has 0 radical (unpaired) electrons. The number of carbonyl (C=O) groups is 1. The van der Waals surface area contributed by atoms with Crippen LogP contribution in [0.25, 0.3) is 5.00 Å². The number of ether oxygens (including phenoxy) is 2. The molecule has 0 aliphatic rings. The van der Waals surface area contributed by atoms with Crippen LogP contribution < -0.4 is 15.2 Å². The number of nitrogens with zero attached hydrogens (tertiary/aromatic N) is 5. The lowest BCUT2D eigenvalue weighted by Crippen LogP contribution is -2.28. The molecule has 2 aromatic heterocycles. The largest absolute Gasteiger partial charge is 0.493 e. The highest BCUT2D eigenvalue weighted by atomic mass is 32.1. The fraction of sp³-hybridized carbons (Fsp3) is 0.133. The second-order valence-electron chi connectivity index (χ2n) is 4.73. The summed E-state index contributed by atoms with van der Waals surface area (Å²) in [5, 5.41) is 18.7. The molecule has 0 bridgehead atoms. The van der Waals surface area contributed by atoms with Gasteiger partial charge in [0.15, 0.2) is 11.5 Å².